The number of thiophene rings is 1. The number of nitrogens with one attached hydrogen (secondary N) is 2. The Morgan fingerprint density at radius 2 is 2.03 bits per heavy atom. The molecule has 0 saturated carbocycles. The summed E-state index contributed by atoms with van der Waals surface area (Å²) < 4.78 is 2.28. The number of aromatic nitrogens is 3. The second-order valence-electron chi connectivity index (χ2n) is 8.30. The Morgan fingerprint density at radius 3 is 2.91 bits per heavy atom. The van der Waals surface area contributed by atoms with Gasteiger partial charge in [0.1, 0.15) is 17.0 Å². The number of hydrogen-bond acceptors (Lipinski definition) is 5. The van der Waals surface area contributed by atoms with E-state index in [4.69, 9.17) is 0 Å². The first kappa shape index (κ1) is 20.0. The number of fused-ring (bicyclic) bond motifs is 2. The molecule has 4 heterocycles. The van der Waals surface area contributed by atoms with Gasteiger partial charge >= 0.3 is 0 Å². The van der Waals surface area contributed by atoms with Gasteiger partial charge in [0.15, 0.2) is 0 Å². The van der Waals surface area contributed by atoms with Crippen LogP contribution < -0.4 is 10.6 Å². The standard InChI is InChI=1S/C27H23N5S/c1-2-5-19(6-3-1)17-32-14-12-20-15-22(9-11-25(20)32)31-26-24-16-23(33-27(24)30-18-29-26)10-8-21-7-4-13-28-21/h1-3,5-6,9,11-12,14-16,18,21,28H,4,7,13,17H2,(H,29,30,31)/t21-/m1/s1. The number of nitrogens with zero attached hydrogens (tertiary/aromatic N) is 3. The predicted molar refractivity (Wildman–Crippen MR) is 136 cm³/mol. The van der Waals surface area contributed by atoms with Crippen LogP contribution in [0.15, 0.2) is 73.2 Å². The Labute approximate surface area is 196 Å². The van der Waals surface area contributed by atoms with E-state index in [0.717, 1.165) is 46.1 Å². The Hall–Kier alpha value is -3.66. The lowest BCUT2D eigenvalue weighted by Crippen LogP contribution is -2.18. The summed E-state index contributed by atoms with van der Waals surface area (Å²) in [6.45, 7) is 1.92. The summed E-state index contributed by atoms with van der Waals surface area (Å²) in [7, 11) is 0. The highest BCUT2D eigenvalue weighted by atomic mass is 32.1. The molecule has 0 radical (unpaired) electrons. The molecule has 162 valence electrons. The number of rotatable bonds is 4. The van der Waals surface area contributed by atoms with Crippen LogP contribution in [0.25, 0.3) is 21.1 Å². The summed E-state index contributed by atoms with van der Waals surface area (Å²) in [5, 5.41) is 9.12. The van der Waals surface area contributed by atoms with Crippen LogP contribution in [-0.4, -0.2) is 27.1 Å². The number of anilines is 2. The first-order valence-electron chi connectivity index (χ1n) is 11.2. The largest absolute Gasteiger partial charge is 0.343 e. The van der Waals surface area contributed by atoms with E-state index in [1.165, 1.54) is 22.9 Å². The molecule has 2 N–H and O–H groups in total. The summed E-state index contributed by atoms with van der Waals surface area (Å²) in [6, 6.07) is 21.5. The lowest BCUT2D eigenvalue weighted by atomic mass is 10.2. The molecule has 0 bridgehead atoms. The molecule has 3 aromatic heterocycles. The summed E-state index contributed by atoms with van der Waals surface area (Å²) in [4.78, 5) is 10.9. The molecule has 0 spiro atoms. The second-order valence-corrected chi connectivity index (χ2v) is 9.33. The van der Waals surface area contributed by atoms with Crippen LogP contribution in [0.1, 0.15) is 23.3 Å². The van der Waals surface area contributed by atoms with Crippen molar-refractivity contribution in [3.8, 4) is 11.8 Å². The number of benzene rings is 2. The van der Waals surface area contributed by atoms with Gasteiger partial charge in [0.2, 0.25) is 0 Å². The average Bonchev–Trinajstić information content (AvgIpc) is 3.59. The van der Waals surface area contributed by atoms with Gasteiger partial charge in [0.25, 0.3) is 0 Å². The maximum absolute atomic E-state index is 4.51. The first-order valence-corrected chi connectivity index (χ1v) is 12.0. The first-order chi connectivity index (χ1) is 16.3. The molecule has 5 nitrogen and oxygen atoms in total. The zero-order valence-electron chi connectivity index (χ0n) is 18.1. The SMILES string of the molecule is C(#C[C@H]1CCCN1)c1cc2c(Nc3ccc4c(ccn4Cc4ccccc4)c3)ncnc2s1. The average molecular weight is 450 g/mol. The Kier molecular flexibility index (Phi) is 5.27. The normalized spacial score (nSPS) is 15.6. The summed E-state index contributed by atoms with van der Waals surface area (Å²) >= 11 is 1.62. The van der Waals surface area contributed by atoms with E-state index in [2.05, 4.69) is 104 Å². The zero-order chi connectivity index (χ0) is 22.0. The Balaban J connectivity index is 1.26. The molecule has 1 fully saturated rings. The van der Waals surface area contributed by atoms with Gasteiger partial charge in [-0.2, -0.15) is 0 Å². The van der Waals surface area contributed by atoms with Crippen molar-refractivity contribution in [2.45, 2.75) is 25.4 Å². The fraction of sp³-hybridized carbons (Fsp3) is 0.185. The van der Waals surface area contributed by atoms with E-state index in [0.29, 0.717) is 6.04 Å². The monoisotopic (exact) mass is 449 g/mol. The van der Waals surface area contributed by atoms with E-state index in [-0.39, 0.29) is 0 Å². The van der Waals surface area contributed by atoms with Crippen LogP contribution in [0, 0.1) is 11.8 Å². The van der Waals surface area contributed by atoms with Crippen molar-refractivity contribution >= 4 is 44.0 Å². The van der Waals surface area contributed by atoms with Gasteiger partial charge in [-0.1, -0.05) is 42.2 Å². The van der Waals surface area contributed by atoms with Gasteiger partial charge in [-0.25, -0.2) is 9.97 Å². The van der Waals surface area contributed by atoms with Crippen molar-refractivity contribution in [3.63, 3.8) is 0 Å². The Bertz CT molecular complexity index is 1480. The molecular formula is C27H23N5S. The maximum atomic E-state index is 4.51. The third kappa shape index (κ3) is 4.21. The van der Waals surface area contributed by atoms with Crippen LogP contribution in [0.3, 0.4) is 0 Å². The van der Waals surface area contributed by atoms with Crippen LogP contribution in [0.4, 0.5) is 11.5 Å². The van der Waals surface area contributed by atoms with Crippen molar-refractivity contribution in [1.29, 1.82) is 0 Å². The summed E-state index contributed by atoms with van der Waals surface area (Å²) in [5.74, 6) is 7.48. The minimum atomic E-state index is 0.305. The Morgan fingerprint density at radius 1 is 1.09 bits per heavy atom. The van der Waals surface area contributed by atoms with Crippen LogP contribution in [-0.2, 0) is 6.54 Å². The van der Waals surface area contributed by atoms with Gasteiger partial charge in [-0.3, -0.25) is 0 Å². The molecule has 0 unspecified atom stereocenters. The van der Waals surface area contributed by atoms with E-state index in [1.807, 2.05) is 0 Å². The van der Waals surface area contributed by atoms with Gasteiger partial charge in [-0.15, -0.1) is 11.3 Å². The van der Waals surface area contributed by atoms with Gasteiger partial charge in [0.05, 0.1) is 16.3 Å². The van der Waals surface area contributed by atoms with E-state index in [9.17, 15) is 0 Å². The highest BCUT2D eigenvalue weighted by Crippen LogP contribution is 2.30. The van der Waals surface area contributed by atoms with Crippen molar-refractivity contribution in [2.24, 2.45) is 0 Å². The predicted octanol–water partition coefficient (Wildman–Crippen LogP) is 5.54. The lowest BCUT2D eigenvalue weighted by Gasteiger charge is -2.08. The molecule has 0 amide bonds. The molecular weight excluding hydrogens is 426 g/mol. The van der Waals surface area contributed by atoms with Gasteiger partial charge < -0.3 is 15.2 Å². The molecule has 2 aromatic carbocycles. The second kappa shape index (κ2) is 8.70. The quantitative estimate of drug-likeness (QED) is 0.354. The van der Waals surface area contributed by atoms with Gasteiger partial charge in [0, 0.05) is 29.3 Å². The highest BCUT2D eigenvalue weighted by molar-refractivity contribution is 7.19. The molecule has 0 aliphatic carbocycles. The van der Waals surface area contributed by atoms with E-state index in [1.54, 1.807) is 17.7 Å². The fourth-order valence-corrected chi connectivity index (χ4v) is 5.18. The number of hydrogen-bond donors (Lipinski definition) is 2. The fourth-order valence-electron chi connectivity index (χ4n) is 4.32. The van der Waals surface area contributed by atoms with Crippen LogP contribution in [0.5, 0.6) is 0 Å². The topological polar surface area (TPSA) is 54.8 Å². The minimum Gasteiger partial charge on any atom is -0.343 e. The molecule has 1 atom stereocenters. The third-order valence-corrected chi connectivity index (χ3v) is 6.95. The lowest BCUT2D eigenvalue weighted by molar-refractivity contribution is 0.749. The molecule has 1 aliphatic rings. The van der Waals surface area contributed by atoms with Crippen LogP contribution >= 0.6 is 11.3 Å². The molecule has 6 rings (SSSR count). The molecule has 6 heteroatoms. The van der Waals surface area contributed by atoms with E-state index < -0.39 is 0 Å². The smallest absolute Gasteiger partial charge is 0.142 e. The van der Waals surface area contributed by atoms with E-state index >= 15 is 0 Å². The van der Waals surface area contributed by atoms with Crippen molar-refractivity contribution in [2.75, 3.05) is 11.9 Å². The molecule has 33 heavy (non-hydrogen) atoms. The van der Waals surface area contributed by atoms with Gasteiger partial charge in [-0.05, 0) is 55.3 Å². The van der Waals surface area contributed by atoms with Crippen molar-refractivity contribution in [1.82, 2.24) is 19.9 Å². The van der Waals surface area contributed by atoms with Crippen LogP contribution in [0.2, 0.25) is 0 Å². The minimum absolute atomic E-state index is 0.305. The molecule has 1 aliphatic heterocycles. The summed E-state index contributed by atoms with van der Waals surface area (Å²) in [6.07, 6.45) is 6.09. The zero-order valence-corrected chi connectivity index (χ0v) is 18.9. The molecule has 1 saturated heterocycles. The maximum Gasteiger partial charge on any atom is 0.142 e. The highest BCUT2D eigenvalue weighted by Gasteiger charge is 2.12. The van der Waals surface area contributed by atoms with Crippen molar-refractivity contribution in [3.05, 3.63) is 83.6 Å². The van der Waals surface area contributed by atoms with Crippen molar-refractivity contribution < 1.29 is 0 Å². The summed E-state index contributed by atoms with van der Waals surface area (Å²) in [5.41, 5.74) is 3.51. The molecule has 5 aromatic rings. The third-order valence-electron chi connectivity index (χ3n) is 5.99.